The molecular weight excluding hydrogens is 1730 g/mol. The fourth-order valence-corrected chi connectivity index (χ4v) is 26.5. The number of rotatable bonds is 16. The van der Waals surface area contributed by atoms with Gasteiger partial charge in [-0.3, -0.25) is 30.2 Å². The Balaban J connectivity index is 0.000000169. The molecule has 14 heterocycles. The zero-order valence-electron chi connectivity index (χ0n) is 74.7. The number of aromatic hydroxyl groups is 2. The van der Waals surface area contributed by atoms with Crippen LogP contribution >= 0.6 is 23.5 Å². The van der Waals surface area contributed by atoms with Crippen LogP contribution in [0, 0.1) is 39.0 Å². The Bertz CT molecular complexity index is 6210. The molecule has 2 spiro atoms. The molecular formula is C105H113N7O19S2. The number of aryl methyl sites for hydroxylation is 2. The molecule has 133 heavy (non-hydrogen) atoms. The van der Waals surface area contributed by atoms with E-state index in [2.05, 4.69) is 86.8 Å². The van der Waals surface area contributed by atoms with E-state index >= 15 is 9.59 Å². The van der Waals surface area contributed by atoms with E-state index < -0.39 is 70.0 Å². The summed E-state index contributed by atoms with van der Waals surface area (Å²) in [5.41, 5.74) is 15.7. The lowest BCUT2D eigenvalue weighted by molar-refractivity contribution is -0.186. The van der Waals surface area contributed by atoms with Crippen molar-refractivity contribution < 1.29 is 91.2 Å². The van der Waals surface area contributed by atoms with E-state index in [1.807, 2.05) is 125 Å². The van der Waals surface area contributed by atoms with E-state index in [1.165, 1.54) is 14.2 Å². The van der Waals surface area contributed by atoms with Crippen LogP contribution in [0.2, 0.25) is 0 Å². The summed E-state index contributed by atoms with van der Waals surface area (Å²) >= 11 is 3.26. The molecule has 14 atom stereocenters. The minimum Gasteiger partial charge on any atom is -0.504 e. The number of ether oxygens (including phenoxy) is 14. The lowest BCUT2D eigenvalue weighted by atomic mass is 9.71. The number of fused-ring (bicyclic) bond motifs is 18. The number of esters is 2. The van der Waals surface area contributed by atoms with Crippen LogP contribution in [0.25, 0.3) is 0 Å². The monoisotopic (exact) mass is 1840 g/mol. The third-order valence-corrected chi connectivity index (χ3v) is 32.0. The largest absolute Gasteiger partial charge is 0.504 e. The van der Waals surface area contributed by atoms with Crippen molar-refractivity contribution in [3.63, 3.8) is 0 Å². The van der Waals surface area contributed by atoms with Gasteiger partial charge in [-0.25, -0.2) is 9.59 Å². The second kappa shape index (κ2) is 36.2. The lowest BCUT2D eigenvalue weighted by Crippen LogP contribution is -2.70. The van der Waals surface area contributed by atoms with Crippen molar-refractivity contribution in [2.75, 3.05) is 93.9 Å². The molecule has 0 radical (unpaired) electrons. The van der Waals surface area contributed by atoms with Crippen LogP contribution in [-0.2, 0) is 82.3 Å². The van der Waals surface area contributed by atoms with Gasteiger partial charge in [-0.2, -0.15) is 5.26 Å². The Morgan fingerprint density at radius 3 is 1.23 bits per heavy atom. The number of aliphatic hydroxyl groups excluding tert-OH is 1. The number of carbonyl (C=O) groups is 2. The van der Waals surface area contributed by atoms with Crippen LogP contribution in [0.5, 0.6) is 80.5 Å². The number of hydrogen-bond acceptors (Lipinski definition) is 28. The van der Waals surface area contributed by atoms with Gasteiger partial charge in [0.1, 0.15) is 63.4 Å². The predicted molar refractivity (Wildman–Crippen MR) is 503 cm³/mol. The van der Waals surface area contributed by atoms with E-state index in [4.69, 9.17) is 66.3 Å². The van der Waals surface area contributed by atoms with Gasteiger partial charge < -0.3 is 81.6 Å². The Labute approximate surface area is 783 Å². The van der Waals surface area contributed by atoms with E-state index in [-0.39, 0.29) is 100 Å². The average Bonchev–Trinajstić information content (AvgIpc) is 1.20. The summed E-state index contributed by atoms with van der Waals surface area (Å²) < 4.78 is 90.4. The normalized spacial score (nSPS) is 25.8. The smallest absolute Gasteiger partial charge is 0.331 e. The van der Waals surface area contributed by atoms with Crippen LogP contribution in [0.1, 0.15) is 161 Å². The quantitative estimate of drug-likeness (QED) is 0.0562. The summed E-state index contributed by atoms with van der Waals surface area (Å²) in [6.07, 6.45) is 1.35. The zero-order chi connectivity index (χ0) is 90.2. The van der Waals surface area contributed by atoms with E-state index in [0.717, 1.165) is 100 Å². The highest BCUT2D eigenvalue weighted by Gasteiger charge is 2.65. The molecule has 28 heteroatoms. The molecule has 14 aliphatic heterocycles. The maximum atomic E-state index is 15.1. The van der Waals surface area contributed by atoms with Crippen molar-refractivity contribution in [2.45, 2.75) is 177 Å². The third kappa shape index (κ3) is 14.7. The second-order valence-electron chi connectivity index (χ2n) is 35.9. The van der Waals surface area contributed by atoms with Crippen LogP contribution in [0.4, 0.5) is 0 Å². The maximum absolute atomic E-state index is 15.1. The van der Waals surface area contributed by atoms with Gasteiger partial charge in [0.15, 0.2) is 80.1 Å². The molecule has 10 aromatic rings. The molecule has 2 unspecified atom stereocenters. The number of aliphatic hydroxyl groups is 1. The molecule has 4 fully saturated rings. The number of nitrogens with zero attached hydrogens (tertiary/aromatic N) is 5. The van der Waals surface area contributed by atoms with Gasteiger partial charge in [-0.1, -0.05) is 148 Å². The topological polar surface area (TPSA) is 285 Å². The number of carbonyl (C=O) groups excluding carboxylic acids is 2. The lowest BCUT2D eigenvalue weighted by Gasteiger charge is -2.62. The molecule has 26 nitrogen and oxygen atoms in total. The molecule has 14 aliphatic rings. The molecule has 0 amide bonds. The first-order valence-electron chi connectivity index (χ1n) is 44.7. The summed E-state index contributed by atoms with van der Waals surface area (Å²) in [5, 5.41) is 52.7. The molecule has 5 N–H and O–H groups in total. The van der Waals surface area contributed by atoms with Crippen LogP contribution < -0.4 is 67.5 Å². The van der Waals surface area contributed by atoms with Crippen molar-refractivity contribution in [2.24, 2.45) is 0 Å². The first-order chi connectivity index (χ1) is 63.8. The summed E-state index contributed by atoms with van der Waals surface area (Å²) in [6, 6.07) is 50.5. The molecule has 0 aromatic heterocycles. The van der Waals surface area contributed by atoms with Gasteiger partial charge >= 0.3 is 11.9 Å². The minimum absolute atomic E-state index is 0. The standard InChI is InChI=1S/C52H52N4O9S.C51H53N3O10S.2CH4/c1-28-18-33-19-35-36(22-53)56-37-25-63-51(58)52(34-21-39(59-4)38(57)20-32(34)16-17-54-52)26-66-50(42-41(37)49-47(64-27-65-49)29(2)46(42)61-23-30-12-8-6-9-13-30)44(56)43(55(35)3)40(33)48(45(28)60-5)62-24-31-14-10-7-11-15-31;1-27-18-32-19-34-49(56)54-35-24-62-50(57)51(33-21-37(58-4)36(55)20-31(33)16-17-52-51)25-65-48(40-39(35)47-45(63-26-64-47)28(2)44(40)60-22-29-12-8-6-9-13-29)42(54)41(53(34)3)38(32)46(43(27)59-5)61-23-30-14-10-7-11-15-30;;/h6-15,18,20-21,35-37,43-44,50,54,57H,16-17,19,23-27H2,1-5H3;6-15,18,20-21,34-35,41-42,48-49,52,55-56H,16-17,19,22-26H2,1-5H3;2*1H4/t35-,36-,37-,43+,44?,50+,52+;34-,35-,41+,42?,48+,49-,51+;;/m00../s1. The maximum Gasteiger partial charge on any atom is 0.331 e. The van der Waals surface area contributed by atoms with Gasteiger partial charge in [-0.05, 0) is 159 Å². The summed E-state index contributed by atoms with van der Waals surface area (Å²) in [5.74, 6) is 6.53. The van der Waals surface area contributed by atoms with Crippen LogP contribution in [0.15, 0.2) is 158 Å². The SMILES string of the molecule is C.C.COc1cc2c(cc1O)CCN[C@]21CS[C@@H]2c3c(OCc4ccccc4)c(C)c4c(c3[C@H](COC1=O)N1C2[C@H]2c3c(cc(C)c(OC)c3OCc3ccccc3)C[C@@H]([C@@H]1C#N)N2C)OCO4.COc1cc2c(cc1O)CCN[C@]21CS[C@@H]2c3c(OCc4ccccc4)c(C)c4c(c3[C@H](COC1=O)N1C2[C@H]2c3c(cc(C)c(OC)c3OCc3ccccc3)C[C@@H]([C@@H]1O)N2C)OCO4. The van der Waals surface area contributed by atoms with Gasteiger partial charge in [0.2, 0.25) is 13.6 Å². The third-order valence-electron chi connectivity index (χ3n) is 29.1. The summed E-state index contributed by atoms with van der Waals surface area (Å²) in [6.45, 7) is 10.2. The number of nitrogens with one attached hydrogen (secondary N) is 2. The fraction of sp³-hybridized carbons (Fsp3) is 0.400. The van der Waals surface area contributed by atoms with Crippen molar-refractivity contribution >= 4 is 35.5 Å². The van der Waals surface area contributed by atoms with E-state index in [9.17, 15) is 20.6 Å². The van der Waals surface area contributed by atoms with Gasteiger partial charge in [0, 0.05) is 87.2 Å². The molecule has 4 saturated heterocycles. The number of nitriles is 1. The van der Waals surface area contributed by atoms with Crippen LogP contribution in [0.3, 0.4) is 0 Å². The Kier molecular flexibility index (Phi) is 24.6. The average molecular weight is 1840 g/mol. The highest BCUT2D eigenvalue weighted by atomic mass is 32.2. The number of piperazine rings is 2. The first-order valence-corrected chi connectivity index (χ1v) is 46.8. The van der Waals surface area contributed by atoms with Gasteiger partial charge in [0.25, 0.3) is 0 Å². The van der Waals surface area contributed by atoms with Gasteiger partial charge in [0.05, 0.1) is 75.2 Å². The van der Waals surface area contributed by atoms with E-state index in [1.54, 1.807) is 62.0 Å². The van der Waals surface area contributed by atoms with Gasteiger partial charge in [-0.15, -0.1) is 23.5 Å². The van der Waals surface area contributed by atoms with Crippen LogP contribution in [-0.4, -0.2) is 177 Å². The number of phenolic OH excluding ortho intramolecular Hbond substituents is 2. The van der Waals surface area contributed by atoms with Crippen molar-refractivity contribution in [3.8, 4) is 86.6 Å². The predicted octanol–water partition coefficient (Wildman–Crippen LogP) is 15.7. The molecule has 0 saturated carbocycles. The minimum atomic E-state index is -1.31. The van der Waals surface area contributed by atoms with Crippen molar-refractivity contribution in [1.82, 2.24) is 30.2 Å². The Morgan fingerprint density at radius 2 is 0.835 bits per heavy atom. The Hall–Kier alpha value is -11.8. The molecule has 24 rings (SSSR count). The number of methoxy groups -OCH3 is 4. The Morgan fingerprint density at radius 1 is 0.459 bits per heavy atom. The number of thioether (sulfide) groups is 2. The molecule has 10 aromatic carbocycles. The van der Waals surface area contributed by atoms with Crippen molar-refractivity contribution in [1.29, 1.82) is 5.26 Å². The first kappa shape index (κ1) is 90.4. The highest BCUT2D eigenvalue weighted by Crippen LogP contribution is 2.68. The molecule has 8 bridgehead atoms. The number of hydrogen-bond donors (Lipinski definition) is 5. The molecule has 0 aliphatic carbocycles. The highest BCUT2D eigenvalue weighted by molar-refractivity contribution is 7.99. The van der Waals surface area contributed by atoms with Crippen molar-refractivity contribution in [3.05, 3.63) is 269 Å². The number of benzene rings is 10. The van der Waals surface area contributed by atoms with E-state index in [0.29, 0.717) is 134 Å². The number of phenols is 2. The molecule has 694 valence electrons. The summed E-state index contributed by atoms with van der Waals surface area (Å²) in [4.78, 5) is 39.3. The summed E-state index contributed by atoms with van der Waals surface area (Å²) in [7, 11) is 10.6. The number of likely N-dealkylation sites (N-methyl/N-ethyl adjacent to an activating group) is 2. The second-order valence-corrected chi connectivity index (χ2v) is 38.2. The zero-order valence-corrected chi connectivity index (χ0v) is 76.3. The fourth-order valence-electron chi connectivity index (χ4n) is 23.2.